The highest BCUT2D eigenvalue weighted by atomic mass is 79.9. The molecule has 6 heteroatoms. The van der Waals surface area contributed by atoms with E-state index >= 15 is 0 Å². The number of carbonyl (C=O) groups is 2. The van der Waals surface area contributed by atoms with Gasteiger partial charge in [-0.15, -0.1) is 0 Å². The molecule has 132 valence electrons. The standard InChI is InChI=1S/C18H25BrN2O3/c1-12-11-15(19)7-8-16(12)21-18(23)14-5-3-13(4-6-14)17(22)20-9-10-24-2/h7-8,11,13-14H,3-6,9-10H2,1-2H3,(H,20,22)(H,21,23). The molecule has 1 aromatic carbocycles. The van der Waals surface area contributed by atoms with Gasteiger partial charge in [-0.2, -0.15) is 0 Å². The monoisotopic (exact) mass is 396 g/mol. The van der Waals surface area contributed by atoms with Crippen LogP contribution in [0.1, 0.15) is 31.2 Å². The highest BCUT2D eigenvalue weighted by Gasteiger charge is 2.29. The fraction of sp³-hybridized carbons (Fsp3) is 0.556. The van der Waals surface area contributed by atoms with Gasteiger partial charge in [0.1, 0.15) is 0 Å². The summed E-state index contributed by atoms with van der Waals surface area (Å²) in [6, 6.07) is 5.81. The summed E-state index contributed by atoms with van der Waals surface area (Å²) >= 11 is 3.42. The number of anilines is 1. The van der Waals surface area contributed by atoms with Gasteiger partial charge in [0.2, 0.25) is 11.8 Å². The van der Waals surface area contributed by atoms with Gasteiger partial charge in [0.05, 0.1) is 6.61 Å². The van der Waals surface area contributed by atoms with Gasteiger partial charge in [-0.1, -0.05) is 15.9 Å². The molecule has 24 heavy (non-hydrogen) atoms. The van der Waals surface area contributed by atoms with Crippen molar-refractivity contribution in [1.82, 2.24) is 5.32 Å². The van der Waals surface area contributed by atoms with Crippen LogP contribution in [-0.2, 0) is 14.3 Å². The number of carbonyl (C=O) groups excluding carboxylic acids is 2. The maximum absolute atomic E-state index is 12.5. The number of hydrogen-bond donors (Lipinski definition) is 2. The Kier molecular flexibility index (Phi) is 7.24. The zero-order valence-electron chi connectivity index (χ0n) is 14.2. The number of hydrogen-bond acceptors (Lipinski definition) is 3. The molecule has 1 aromatic rings. The molecule has 1 fully saturated rings. The van der Waals surface area contributed by atoms with Crippen molar-refractivity contribution in [3.8, 4) is 0 Å². The van der Waals surface area contributed by atoms with E-state index in [1.165, 1.54) is 0 Å². The Morgan fingerprint density at radius 1 is 1.17 bits per heavy atom. The van der Waals surface area contributed by atoms with Gasteiger partial charge in [0.25, 0.3) is 0 Å². The molecule has 0 unspecified atom stereocenters. The van der Waals surface area contributed by atoms with E-state index in [4.69, 9.17) is 4.74 Å². The van der Waals surface area contributed by atoms with Crippen molar-refractivity contribution in [1.29, 1.82) is 0 Å². The van der Waals surface area contributed by atoms with Crippen molar-refractivity contribution in [2.75, 3.05) is 25.6 Å². The molecule has 0 heterocycles. The minimum Gasteiger partial charge on any atom is -0.383 e. The van der Waals surface area contributed by atoms with Crippen molar-refractivity contribution in [3.63, 3.8) is 0 Å². The maximum Gasteiger partial charge on any atom is 0.227 e. The molecule has 0 radical (unpaired) electrons. The second-order valence-electron chi connectivity index (χ2n) is 6.28. The first-order valence-corrected chi connectivity index (χ1v) is 9.14. The smallest absolute Gasteiger partial charge is 0.227 e. The van der Waals surface area contributed by atoms with Gasteiger partial charge in [0, 0.05) is 35.7 Å². The average molecular weight is 397 g/mol. The molecule has 2 amide bonds. The van der Waals surface area contributed by atoms with E-state index in [1.807, 2.05) is 25.1 Å². The number of benzene rings is 1. The lowest BCUT2D eigenvalue weighted by Gasteiger charge is -2.27. The van der Waals surface area contributed by atoms with Gasteiger partial charge >= 0.3 is 0 Å². The average Bonchev–Trinajstić information content (AvgIpc) is 2.57. The number of ether oxygens (including phenoxy) is 1. The van der Waals surface area contributed by atoms with E-state index in [9.17, 15) is 9.59 Å². The molecule has 0 atom stereocenters. The Hall–Kier alpha value is -1.40. The van der Waals surface area contributed by atoms with Crippen LogP contribution in [0.25, 0.3) is 0 Å². The Bertz CT molecular complexity index is 584. The topological polar surface area (TPSA) is 67.4 Å². The number of methoxy groups -OCH3 is 1. The van der Waals surface area contributed by atoms with Crippen molar-refractivity contribution in [2.45, 2.75) is 32.6 Å². The molecular formula is C18H25BrN2O3. The third kappa shape index (κ3) is 5.31. The maximum atomic E-state index is 12.5. The molecule has 0 aliphatic heterocycles. The summed E-state index contributed by atoms with van der Waals surface area (Å²) in [5.74, 6) is 0.129. The number of nitrogens with one attached hydrogen (secondary N) is 2. The molecule has 0 bridgehead atoms. The Morgan fingerprint density at radius 3 is 2.38 bits per heavy atom. The van der Waals surface area contributed by atoms with E-state index in [-0.39, 0.29) is 23.7 Å². The summed E-state index contributed by atoms with van der Waals surface area (Å²) in [6.45, 7) is 3.04. The Balaban J connectivity index is 1.81. The van der Waals surface area contributed by atoms with Crippen LogP contribution in [0.2, 0.25) is 0 Å². The molecule has 2 rings (SSSR count). The van der Waals surface area contributed by atoms with Crippen LogP contribution in [0.15, 0.2) is 22.7 Å². The minimum absolute atomic E-state index is 0.0142. The molecule has 2 N–H and O–H groups in total. The number of amides is 2. The van der Waals surface area contributed by atoms with Gasteiger partial charge in [0.15, 0.2) is 0 Å². The summed E-state index contributed by atoms with van der Waals surface area (Å²) in [5.41, 5.74) is 1.88. The molecule has 5 nitrogen and oxygen atoms in total. The van der Waals surface area contributed by atoms with Crippen LogP contribution in [0.5, 0.6) is 0 Å². The fourth-order valence-corrected chi connectivity index (χ4v) is 3.52. The predicted molar refractivity (Wildman–Crippen MR) is 97.8 cm³/mol. The molecule has 1 aliphatic carbocycles. The van der Waals surface area contributed by atoms with E-state index in [1.54, 1.807) is 7.11 Å². The van der Waals surface area contributed by atoms with Gasteiger partial charge in [-0.3, -0.25) is 9.59 Å². The lowest BCUT2D eigenvalue weighted by Crippen LogP contribution is -2.36. The number of rotatable bonds is 6. The molecule has 1 aliphatic rings. The van der Waals surface area contributed by atoms with Crippen LogP contribution in [0.3, 0.4) is 0 Å². The number of aryl methyl sites for hydroxylation is 1. The number of halogens is 1. The lowest BCUT2D eigenvalue weighted by molar-refractivity contribution is -0.128. The minimum atomic E-state index is -0.0175. The Labute approximate surface area is 151 Å². The first-order chi connectivity index (χ1) is 11.5. The summed E-state index contributed by atoms with van der Waals surface area (Å²) in [4.78, 5) is 24.5. The fourth-order valence-electron chi connectivity index (χ4n) is 3.04. The molecule has 1 saturated carbocycles. The third-order valence-electron chi connectivity index (χ3n) is 4.52. The largest absolute Gasteiger partial charge is 0.383 e. The summed E-state index contributed by atoms with van der Waals surface area (Å²) in [5, 5.41) is 5.90. The molecule has 0 spiro atoms. The summed E-state index contributed by atoms with van der Waals surface area (Å²) < 4.78 is 5.93. The quantitative estimate of drug-likeness (QED) is 0.725. The zero-order chi connectivity index (χ0) is 17.5. The van der Waals surface area contributed by atoms with E-state index < -0.39 is 0 Å². The van der Waals surface area contributed by atoms with Gasteiger partial charge in [-0.25, -0.2) is 0 Å². The lowest BCUT2D eigenvalue weighted by atomic mass is 9.81. The SMILES string of the molecule is COCCNC(=O)C1CCC(C(=O)Nc2ccc(Br)cc2C)CC1. The van der Waals surface area contributed by atoms with Crippen molar-refractivity contribution < 1.29 is 14.3 Å². The first-order valence-electron chi connectivity index (χ1n) is 8.35. The van der Waals surface area contributed by atoms with E-state index in [0.29, 0.717) is 13.2 Å². The zero-order valence-corrected chi connectivity index (χ0v) is 15.8. The van der Waals surface area contributed by atoms with Crippen molar-refractivity contribution in [3.05, 3.63) is 28.2 Å². The van der Waals surface area contributed by atoms with Crippen LogP contribution >= 0.6 is 15.9 Å². The van der Waals surface area contributed by atoms with Crippen molar-refractivity contribution >= 4 is 33.4 Å². The second kappa shape index (κ2) is 9.18. The predicted octanol–water partition coefficient (Wildman–Crippen LogP) is 3.27. The second-order valence-corrected chi connectivity index (χ2v) is 7.20. The van der Waals surface area contributed by atoms with Crippen LogP contribution in [0.4, 0.5) is 5.69 Å². The van der Waals surface area contributed by atoms with Crippen LogP contribution in [-0.4, -0.2) is 32.1 Å². The molecule has 0 aromatic heterocycles. The third-order valence-corrected chi connectivity index (χ3v) is 5.01. The molecule has 0 saturated heterocycles. The summed E-state index contributed by atoms with van der Waals surface area (Å²) in [7, 11) is 1.61. The normalized spacial score (nSPS) is 20.5. The highest BCUT2D eigenvalue weighted by molar-refractivity contribution is 9.10. The highest BCUT2D eigenvalue weighted by Crippen LogP contribution is 2.30. The van der Waals surface area contributed by atoms with E-state index in [2.05, 4.69) is 26.6 Å². The van der Waals surface area contributed by atoms with E-state index in [0.717, 1.165) is 41.4 Å². The first kappa shape index (κ1) is 18.9. The van der Waals surface area contributed by atoms with Gasteiger partial charge < -0.3 is 15.4 Å². The van der Waals surface area contributed by atoms with Crippen molar-refractivity contribution in [2.24, 2.45) is 11.8 Å². The van der Waals surface area contributed by atoms with Gasteiger partial charge in [-0.05, 0) is 56.4 Å². The van der Waals surface area contributed by atoms with Crippen LogP contribution < -0.4 is 10.6 Å². The van der Waals surface area contributed by atoms with Crippen LogP contribution in [0, 0.1) is 18.8 Å². The summed E-state index contributed by atoms with van der Waals surface area (Å²) in [6.07, 6.45) is 3.03. The Morgan fingerprint density at radius 2 is 1.79 bits per heavy atom. The molecular weight excluding hydrogens is 372 g/mol.